The van der Waals surface area contributed by atoms with Crippen LogP contribution in [0.4, 0.5) is 10.2 Å². The average Bonchev–Trinajstić information content (AvgIpc) is 3.10. The van der Waals surface area contributed by atoms with E-state index in [-0.39, 0.29) is 5.82 Å². The summed E-state index contributed by atoms with van der Waals surface area (Å²) in [6, 6.07) is 13.5. The summed E-state index contributed by atoms with van der Waals surface area (Å²) in [5.74, 6) is 1.43. The minimum atomic E-state index is -0.304. The zero-order valence-electron chi connectivity index (χ0n) is 14.2. The van der Waals surface area contributed by atoms with Gasteiger partial charge in [0.2, 0.25) is 0 Å². The third-order valence-corrected chi connectivity index (χ3v) is 4.89. The van der Waals surface area contributed by atoms with E-state index in [1.165, 1.54) is 18.0 Å². The standard InChI is InChI=1S/C20H20FN3O/c1-25-18-10-3-2-6-14(18)12-15-7-5-11-24(15)20-16-8-4-9-17(21)19(16)22-13-23-20/h2-4,6,8-10,13,15H,5,7,11-12H2,1H3. The molecule has 1 unspecified atom stereocenters. The highest BCUT2D eigenvalue weighted by molar-refractivity contribution is 5.89. The van der Waals surface area contributed by atoms with E-state index >= 15 is 0 Å². The Morgan fingerprint density at radius 1 is 1.16 bits per heavy atom. The van der Waals surface area contributed by atoms with Crippen LogP contribution in [0.1, 0.15) is 18.4 Å². The van der Waals surface area contributed by atoms with E-state index in [0.29, 0.717) is 11.6 Å². The van der Waals surface area contributed by atoms with Crippen LogP contribution < -0.4 is 9.64 Å². The molecular formula is C20H20FN3O. The molecule has 0 N–H and O–H groups in total. The van der Waals surface area contributed by atoms with Crippen molar-refractivity contribution in [3.05, 3.63) is 60.2 Å². The lowest BCUT2D eigenvalue weighted by molar-refractivity contribution is 0.408. The molecule has 128 valence electrons. The van der Waals surface area contributed by atoms with Gasteiger partial charge in [0.15, 0.2) is 0 Å². The van der Waals surface area contributed by atoms with Gasteiger partial charge in [0.1, 0.15) is 29.2 Å². The molecule has 0 saturated carbocycles. The fraction of sp³-hybridized carbons (Fsp3) is 0.300. The Morgan fingerprint density at radius 2 is 2.04 bits per heavy atom. The van der Waals surface area contributed by atoms with Crippen LogP contribution in [0.2, 0.25) is 0 Å². The molecule has 0 bridgehead atoms. The summed E-state index contributed by atoms with van der Waals surface area (Å²) < 4.78 is 19.6. The molecule has 0 radical (unpaired) electrons. The van der Waals surface area contributed by atoms with E-state index in [2.05, 4.69) is 20.9 Å². The first-order valence-corrected chi connectivity index (χ1v) is 8.55. The predicted octanol–water partition coefficient (Wildman–Crippen LogP) is 3.99. The molecule has 0 spiro atoms. The first-order valence-electron chi connectivity index (χ1n) is 8.55. The van der Waals surface area contributed by atoms with Gasteiger partial charge in [0.25, 0.3) is 0 Å². The molecule has 1 saturated heterocycles. The lowest BCUT2D eigenvalue weighted by Crippen LogP contribution is -2.32. The molecule has 1 atom stereocenters. The van der Waals surface area contributed by atoms with Crippen LogP contribution in [0.5, 0.6) is 5.75 Å². The lowest BCUT2D eigenvalue weighted by atomic mass is 10.0. The number of halogens is 1. The Morgan fingerprint density at radius 3 is 2.92 bits per heavy atom. The van der Waals surface area contributed by atoms with Crippen LogP contribution in [0.3, 0.4) is 0 Å². The Kier molecular flexibility index (Phi) is 4.22. The van der Waals surface area contributed by atoms with Crippen molar-refractivity contribution in [1.29, 1.82) is 0 Å². The van der Waals surface area contributed by atoms with E-state index < -0.39 is 0 Å². The molecule has 2 heterocycles. The third kappa shape index (κ3) is 2.90. The minimum absolute atomic E-state index is 0.304. The topological polar surface area (TPSA) is 38.2 Å². The monoisotopic (exact) mass is 337 g/mol. The molecule has 3 aromatic rings. The third-order valence-electron chi connectivity index (χ3n) is 4.89. The molecule has 0 amide bonds. The fourth-order valence-electron chi connectivity index (χ4n) is 3.72. The number of aromatic nitrogens is 2. The van der Waals surface area contributed by atoms with Gasteiger partial charge in [-0.2, -0.15) is 0 Å². The highest BCUT2D eigenvalue weighted by atomic mass is 19.1. The smallest absolute Gasteiger partial charge is 0.149 e. The number of hydrogen-bond acceptors (Lipinski definition) is 4. The van der Waals surface area contributed by atoms with Gasteiger partial charge in [0, 0.05) is 18.0 Å². The van der Waals surface area contributed by atoms with Gasteiger partial charge in [-0.15, -0.1) is 0 Å². The van der Waals surface area contributed by atoms with Crippen LogP contribution in [-0.4, -0.2) is 29.7 Å². The number of ether oxygens (including phenoxy) is 1. The normalized spacial score (nSPS) is 17.2. The summed E-state index contributed by atoms with van der Waals surface area (Å²) in [5.41, 5.74) is 1.57. The largest absolute Gasteiger partial charge is 0.496 e. The summed E-state index contributed by atoms with van der Waals surface area (Å²) in [6.45, 7) is 0.919. The summed E-state index contributed by atoms with van der Waals surface area (Å²) in [6.07, 6.45) is 4.52. The number of fused-ring (bicyclic) bond motifs is 1. The van der Waals surface area contributed by atoms with Gasteiger partial charge in [0.05, 0.1) is 7.11 Å². The Hall–Kier alpha value is -2.69. The van der Waals surface area contributed by atoms with Gasteiger partial charge in [-0.25, -0.2) is 14.4 Å². The van der Waals surface area contributed by atoms with E-state index in [1.54, 1.807) is 13.2 Å². The number of anilines is 1. The fourth-order valence-corrected chi connectivity index (χ4v) is 3.72. The highest BCUT2D eigenvalue weighted by Gasteiger charge is 2.28. The summed E-state index contributed by atoms with van der Waals surface area (Å²) in [7, 11) is 1.70. The van der Waals surface area contributed by atoms with Crippen molar-refractivity contribution in [3.8, 4) is 5.75 Å². The Bertz CT molecular complexity index is 899. The SMILES string of the molecule is COc1ccccc1CC1CCCN1c1ncnc2c(F)cccc12. The molecule has 4 rings (SSSR count). The molecule has 25 heavy (non-hydrogen) atoms. The van der Waals surface area contributed by atoms with E-state index in [0.717, 1.165) is 42.8 Å². The second kappa shape index (κ2) is 6.67. The maximum atomic E-state index is 14.1. The summed E-state index contributed by atoms with van der Waals surface area (Å²) in [5, 5.41) is 0.773. The number of methoxy groups -OCH3 is 1. The second-order valence-corrected chi connectivity index (χ2v) is 6.34. The van der Waals surface area contributed by atoms with Crippen molar-refractivity contribution in [3.63, 3.8) is 0 Å². The number of nitrogens with zero attached hydrogens (tertiary/aromatic N) is 3. The molecule has 1 aromatic heterocycles. The highest BCUT2D eigenvalue weighted by Crippen LogP contribution is 2.33. The second-order valence-electron chi connectivity index (χ2n) is 6.34. The number of hydrogen-bond donors (Lipinski definition) is 0. The number of para-hydroxylation sites is 2. The van der Waals surface area contributed by atoms with Crippen LogP contribution >= 0.6 is 0 Å². The van der Waals surface area contributed by atoms with E-state index in [4.69, 9.17) is 4.74 Å². The van der Waals surface area contributed by atoms with Crippen molar-refractivity contribution in [2.75, 3.05) is 18.6 Å². The quantitative estimate of drug-likeness (QED) is 0.721. The van der Waals surface area contributed by atoms with E-state index in [1.807, 2.05) is 24.3 Å². The molecule has 1 aliphatic heterocycles. The molecule has 5 heteroatoms. The van der Waals surface area contributed by atoms with Gasteiger partial charge < -0.3 is 9.64 Å². The molecule has 2 aromatic carbocycles. The first kappa shape index (κ1) is 15.8. The maximum absolute atomic E-state index is 14.1. The summed E-state index contributed by atoms with van der Waals surface area (Å²) >= 11 is 0. The average molecular weight is 337 g/mol. The summed E-state index contributed by atoms with van der Waals surface area (Å²) in [4.78, 5) is 10.9. The zero-order valence-corrected chi connectivity index (χ0v) is 14.2. The van der Waals surface area contributed by atoms with Crippen LogP contribution in [0.15, 0.2) is 48.8 Å². The minimum Gasteiger partial charge on any atom is -0.496 e. The molecule has 1 fully saturated rings. The van der Waals surface area contributed by atoms with Crippen molar-refractivity contribution in [2.24, 2.45) is 0 Å². The van der Waals surface area contributed by atoms with Crippen molar-refractivity contribution < 1.29 is 9.13 Å². The van der Waals surface area contributed by atoms with Gasteiger partial charge in [-0.05, 0) is 43.0 Å². The Labute approximate surface area is 146 Å². The molecule has 4 nitrogen and oxygen atoms in total. The van der Waals surface area contributed by atoms with Gasteiger partial charge >= 0.3 is 0 Å². The number of benzene rings is 2. The van der Waals surface area contributed by atoms with E-state index in [9.17, 15) is 4.39 Å². The lowest BCUT2D eigenvalue weighted by Gasteiger charge is -2.27. The van der Waals surface area contributed by atoms with Crippen molar-refractivity contribution in [1.82, 2.24) is 9.97 Å². The first-order chi connectivity index (χ1) is 12.3. The predicted molar refractivity (Wildman–Crippen MR) is 96.6 cm³/mol. The van der Waals surface area contributed by atoms with Crippen LogP contribution in [-0.2, 0) is 6.42 Å². The van der Waals surface area contributed by atoms with Crippen molar-refractivity contribution >= 4 is 16.7 Å². The molecular weight excluding hydrogens is 317 g/mol. The van der Waals surface area contributed by atoms with Gasteiger partial charge in [-0.3, -0.25) is 0 Å². The molecule has 0 aliphatic carbocycles. The zero-order chi connectivity index (χ0) is 17.2. The molecule has 1 aliphatic rings. The van der Waals surface area contributed by atoms with Gasteiger partial charge in [-0.1, -0.05) is 24.3 Å². The van der Waals surface area contributed by atoms with Crippen molar-refractivity contribution in [2.45, 2.75) is 25.3 Å². The van der Waals surface area contributed by atoms with Crippen LogP contribution in [0, 0.1) is 5.82 Å². The number of rotatable bonds is 4. The maximum Gasteiger partial charge on any atom is 0.149 e. The Balaban J connectivity index is 1.70. The van der Waals surface area contributed by atoms with Crippen LogP contribution in [0.25, 0.3) is 10.9 Å².